The van der Waals surface area contributed by atoms with Crippen LogP contribution in [0.4, 0.5) is 10.3 Å². The van der Waals surface area contributed by atoms with E-state index in [0.29, 0.717) is 48.8 Å². The van der Waals surface area contributed by atoms with Crippen LogP contribution >= 0.6 is 0 Å². The second-order valence-corrected chi connectivity index (χ2v) is 9.74. The first-order valence-electron chi connectivity index (χ1n) is 9.80. The predicted molar refractivity (Wildman–Crippen MR) is 112 cm³/mol. The quantitative estimate of drug-likeness (QED) is 0.616. The van der Waals surface area contributed by atoms with Gasteiger partial charge in [0.1, 0.15) is 5.52 Å². The van der Waals surface area contributed by atoms with Crippen LogP contribution in [0.2, 0.25) is 0 Å². The molecule has 0 bridgehead atoms. The molecule has 9 nitrogen and oxygen atoms in total. The fourth-order valence-electron chi connectivity index (χ4n) is 3.62. The first-order chi connectivity index (χ1) is 14.2. The minimum atomic E-state index is -3.17. The predicted octanol–water partition coefficient (Wildman–Crippen LogP) is 2.44. The first-order valence-corrected chi connectivity index (χ1v) is 11.7. The van der Waals surface area contributed by atoms with Gasteiger partial charge in [-0.25, -0.2) is 32.7 Å². The van der Waals surface area contributed by atoms with E-state index in [4.69, 9.17) is 0 Å². The number of nitrogens with zero attached hydrogens (tertiary/aromatic N) is 6. The Morgan fingerprint density at radius 1 is 1.17 bits per heavy atom. The fourth-order valence-corrected chi connectivity index (χ4v) is 4.49. The molecule has 30 heavy (non-hydrogen) atoms. The number of pyridine rings is 1. The molecule has 0 aliphatic carbocycles. The second-order valence-electron chi connectivity index (χ2n) is 7.76. The molecule has 0 unspecified atom stereocenters. The number of anilines is 1. The maximum Gasteiger partial charge on any atom is 0.241 e. The highest BCUT2D eigenvalue weighted by Gasteiger charge is 2.25. The van der Waals surface area contributed by atoms with E-state index in [-0.39, 0.29) is 17.6 Å². The van der Waals surface area contributed by atoms with E-state index >= 15 is 0 Å². The molecular weight excluding hydrogens is 409 g/mol. The monoisotopic (exact) mass is 433 g/mol. The fraction of sp³-hybridized carbons (Fsp3) is 0.474. The normalized spacial score (nSPS) is 16.4. The van der Waals surface area contributed by atoms with E-state index in [1.54, 1.807) is 24.7 Å². The molecule has 3 aromatic rings. The van der Waals surface area contributed by atoms with Crippen LogP contribution in [0.5, 0.6) is 0 Å². The minimum absolute atomic E-state index is 0.0628. The zero-order chi connectivity index (χ0) is 21.5. The zero-order valence-electron chi connectivity index (χ0n) is 17.1. The molecular formula is C19H24FN7O2S. The first kappa shape index (κ1) is 20.6. The summed E-state index contributed by atoms with van der Waals surface area (Å²) in [6, 6.07) is 3.65. The Bertz CT molecular complexity index is 1170. The highest BCUT2D eigenvalue weighted by molar-refractivity contribution is 7.88. The van der Waals surface area contributed by atoms with Crippen molar-refractivity contribution >= 4 is 27.0 Å². The van der Waals surface area contributed by atoms with Gasteiger partial charge in [-0.2, -0.15) is 4.39 Å². The lowest BCUT2D eigenvalue weighted by atomic mass is 10.1. The zero-order valence-corrected chi connectivity index (χ0v) is 17.9. The smallest absolute Gasteiger partial charge is 0.241 e. The third-order valence-corrected chi connectivity index (χ3v) is 6.55. The summed E-state index contributed by atoms with van der Waals surface area (Å²) in [6.45, 7) is 4.92. The van der Waals surface area contributed by atoms with Crippen molar-refractivity contribution in [2.45, 2.75) is 38.8 Å². The Morgan fingerprint density at radius 2 is 1.90 bits per heavy atom. The van der Waals surface area contributed by atoms with Gasteiger partial charge >= 0.3 is 0 Å². The Labute approximate surface area is 174 Å². The van der Waals surface area contributed by atoms with E-state index in [2.05, 4.69) is 25.3 Å². The van der Waals surface area contributed by atoms with Gasteiger partial charge in [-0.15, -0.1) is 0 Å². The van der Waals surface area contributed by atoms with E-state index in [0.717, 1.165) is 0 Å². The number of fused-ring (bicyclic) bond motifs is 1. The largest absolute Gasteiger partial charge is 0.351 e. The van der Waals surface area contributed by atoms with E-state index in [1.807, 2.05) is 18.4 Å². The van der Waals surface area contributed by atoms with Crippen LogP contribution in [0.15, 0.2) is 24.7 Å². The van der Waals surface area contributed by atoms with Crippen molar-refractivity contribution in [3.05, 3.63) is 30.6 Å². The summed E-state index contributed by atoms with van der Waals surface area (Å²) >= 11 is 0. The van der Waals surface area contributed by atoms with Crippen LogP contribution in [0.25, 0.3) is 22.4 Å². The van der Waals surface area contributed by atoms with Crippen molar-refractivity contribution in [3.8, 4) is 11.4 Å². The molecule has 1 N–H and O–H groups in total. The molecule has 4 heterocycles. The van der Waals surface area contributed by atoms with Gasteiger partial charge < -0.3 is 9.88 Å². The molecule has 1 aliphatic rings. The number of sulfonamides is 1. The molecule has 0 radical (unpaired) electrons. The summed E-state index contributed by atoms with van der Waals surface area (Å²) in [6.07, 6.45) is 5.75. The number of imidazole rings is 1. The standard InChI is InChI=1S/C19H24FN7O2S/c1-12(2)27-11-22-17-16(27)10-15(24-18(17)20)14-4-7-21-19(25-14)23-13-5-8-26(9-6-13)30(3,28)29/h4,7,10-13H,5-6,8-9H2,1-3H3,(H,21,23,25). The van der Waals surface area contributed by atoms with Gasteiger partial charge in [-0.1, -0.05) is 0 Å². The molecule has 4 rings (SSSR count). The van der Waals surface area contributed by atoms with E-state index in [9.17, 15) is 12.8 Å². The van der Waals surface area contributed by atoms with Crippen molar-refractivity contribution in [3.63, 3.8) is 0 Å². The van der Waals surface area contributed by atoms with Crippen molar-refractivity contribution in [2.75, 3.05) is 24.7 Å². The molecule has 0 aromatic carbocycles. The molecule has 1 fully saturated rings. The number of piperidine rings is 1. The lowest BCUT2D eigenvalue weighted by molar-refractivity contribution is 0.331. The topological polar surface area (TPSA) is 106 Å². The molecule has 1 aliphatic heterocycles. The van der Waals surface area contributed by atoms with Gasteiger partial charge in [0.05, 0.1) is 29.5 Å². The van der Waals surface area contributed by atoms with Crippen molar-refractivity contribution in [1.82, 2.24) is 28.8 Å². The van der Waals surface area contributed by atoms with Crippen LogP contribution in [-0.2, 0) is 10.0 Å². The third kappa shape index (κ3) is 4.12. The summed E-state index contributed by atoms with van der Waals surface area (Å²) < 4.78 is 41.2. The Hall–Kier alpha value is -2.66. The number of halogens is 1. The number of aromatic nitrogens is 5. The van der Waals surface area contributed by atoms with Crippen molar-refractivity contribution < 1.29 is 12.8 Å². The van der Waals surface area contributed by atoms with Crippen LogP contribution in [0, 0.1) is 5.95 Å². The molecule has 0 spiro atoms. The van der Waals surface area contributed by atoms with Crippen LogP contribution in [0.1, 0.15) is 32.7 Å². The number of hydrogen-bond acceptors (Lipinski definition) is 7. The maximum absolute atomic E-state index is 14.5. The Balaban J connectivity index is 1.56. The summed E-state index contributed by atoms with van der Waals surface area (Å²) in [5.41, 5.74) is 1.80. The summed E-state index contributed by atoms with van der Waals surface area (Å²) in [5.74, 6) is -0.229. The summed E-state index contributed by atoms with van der Waals surface area (Å²) in [5, 5.41) is 3.26. The van der Waals surface area contributed by atoms with Gasteiger partial charge in [0, 0.05) is 31.4 Å². The van der Waals surface area contributed by atoms with Gasteiger partial charge in [0.15, 0.2) is 0 Å². The average Bonchev–Trinajstić information content (AvgIpc) is 3.13. The van der Waals surface area contributed by atoms with Crippen LogP contribution < -0.4 is 5.32 Å². The van der Waals surface area contributed by atoms with Crippen LogP contribution in [0.3, 0.4) is 0 Å². The van der Waals surface area contributed by atoms with Gasteiger partial charge in [-0.05, 0) is 38.8 Å². The molecule has 1 saturated heterocycles. The molecule has 0 saturated carbocycles. The van der Waals surface area contributed by atoms with E-state index in [1.165, 1.54) is 10.6 Å². The SMILES string of the molecule is CC(C)n1cnc2c(F)nc(-c3ccnc(NC4CCN(S(C)(=O)=O)CC4)n3)cc21. The third-order valence-electron chi connectivity index (χ3n) is 5.25. The Kier molecular flexibility index (Phi) is 5.41. The molecule has 3 aromatic heterocycles. The lowest BCUT2D eigenvalue weighted by Gasteiger charge is -2.30. The maximum atomic E-state index is 14.5. The highest BCUT2D eigenvalue weighted by atomic mass is 32.2. The minimum Gasteiger partial charge on any atom is -0.351 e. The van der Waals surface area contributed by atoms with E-state index < -0.39 is 16.0 Å². The van der Waals surface area contributed by atoms with Gasteiger partial charge in [0.25, 0.3) is 0 Å². The molecule has 0 amide bonds. The number of nitrogens with one attached hydrogen (secondary N) is 1. The second kappa shape index (κ2) is 7.88. The summed E-state index contributed by atoms with van der Waals surface area (Å²) in [4.78, 5) is 16.9. The average molecular weight is 434 g/mol. The number of rotatable bonds is 5. The van der Waals surface area contributed by atoms with Crippen molar-refractivity contribution in [1.29, 1.82) is 0 Å². The molecule has 11 heteroatoms. The highest BCUT2D eigenvalue weighted by Crippen LogP contribution is 2.25. The van der Waals surface area contributed by atoms with Crippen molar-refractivity contribution in [2.24, 2.45) is 0 Å². The molecule has 0 atom stereocenters. The molecule has 160 valence electrons. The van der Waals surface area contributed by atoms with Crippen LogP contribution in [-0.4, -0.2) is 62.6 Å². The Morgan fingerprint density at radius 3 is 2.57 bits per heavy atom. The summed E-state index contributed by atoms with van der Waals surface area (Å²) in [7, 11) is -3.17. The number of hydrogen-bond donors (Lipinski definition) is 1. The van der Waals surface area contributed by atoms with Gasteiger partial charge in [-0.3, -0.25) is 0 Å². The van der Waals surface area contributed by atoms with Gasteiger partial charge in [0.2, 0.25) is 21.9 Å². The lowest BCUT2D eigenvalue weighted by Crippen LogP contribution is -2.42.